The minimum Gasteiger partial charge on any atom is -0.338 e. The van der Waals surface area contributed by atoms with Gasteiger partial charge >= 0.3 is 0 Å². The summed E-state index contributed by atoms with van der Waals surface area (Å²) in [5.41, 5.74) is 1.76. The predicted octanol–water partition coefficient (Wildman–Crippen LogP) is 3.57. The molecule has 1 N–H and O–H groups in total. The monoisotopic (exact) mass is 400 g/mol. The summed E-state index contributed by atoms with van der Waals surface area (Å²) in [4.78, 5) is 26.5. The molecule has 1 aliphatic rings. The topological polar surface area (TPSA) is 75.9 Å². The number of imidazole rings is 1. The highest BCUT2D eigenvalue weighted by molar-refractivity contribution is 6.34. The number of nitrogens with one attached hydrogen (secondary N) is 1. The van der Waals surface area contributed by atoms with Gasteiger partial charge in [-0.25, -0.2) is 19.3 Å². The number of nitrogens with zero attached hydrogens (tertiary/aromatic N) is 5. The van der Waals surface area contributed by atoms with Crippen LogP contribution in [0.15, 0.2) is 30.6 Å². The second-order valence-electron chi connectivity index (χ2n) is 6.61. The Hall–Kier alpha value is -3.00. The van der Waals surface area contributed by atoms with Crippen molar-refractivity contribution in [2.24, 2.45) is 7.05 Å². The number of hydrogen-bond donors (Lipinski definition) is 1. The van der Waals surface area contributed by atoms with E-state index in [2.05, 4.69) is 20.3 Å². The van der Waals surface area contributed by atoms with Gasteiger partial charge < -0.3 is 14.8 Å². The Morgan fingerprint density at radius 1 is 1.25 bits per heavy atom. The first-order valence-corrected chi connectivity index (χ1v) is 9.19. The fourth-order valence-corrected chi connectivity index (χ4v) is 3.18. The van der Waals surface area contributed by atoms with Crippen LogP contribution in [0.5, 0.6) is 0 Å². The second kappa shape index (κ2) is 7.20. The van der Waals surface area contributed by atoms with Crippen LogP contribution in [-0.4, -0.2) is 43.4 Å². The van der Waals surface area contributed by atoms with E-state index in [4.69, 9.17) is 11.6 Å². The molecule has 0 atom stereocenters. The molecule has 0 bridgehead atoms. The van der Waals surface area contributed by atoms with Crippen molar-refractivity contribution in [3.8, 4) is 11.4 Å². The zero-order chi connectivity index (χ0) is 19.8. The van der Waals surface area contributed by atoms with Crippen LogP contribution in [0.2, 0.25) is 5.02 Å². The molecule has 3 heterocycles. The van der Waals surface area contributed by atoms with Crippen molar-refractivity contribution in [3.63, 3.8) is 0 Å². The van der Waals surface area contributed by atoms with E-state index in [0.29, 0.717) is 22.0 Å². The van der Waals surface area contributed by atoms with E-state index in [-0.39, 0.29) is 17.5 Å². The third kappa shape index (κ3) is 3.31. The van der Waals surface area contributed by atoms with Crippen LogP contribution in [0, 0.1) is 12.7 Å². The molecule has 0 saturated carbocycles. The average Bonchev–Trinajstić information content (AvgIpc) is 2.94. The number of rotatable bonds is 4. The number of anilines is 2. The molecule has 1 fully saturated rings. The number of aromatic nitrogens is 4. The quantitative estimate of drug-likeness (QED) is 0.724. The highest BCUT2D eigenvalue weighted by Crippen LogP contribution is 2.27. The van der Waals surface area contributed by atoms with Crippen molar-refractivity contribution >= 4 is 29.1 Å². The third-order valence-electron chi connectivity index (χ3n) is 4.81. The molecule has 0 unspecified atom stereocenters. The number of carbonyl (C=O) groups excluding carboxylic acids is 1. The molecule has 1 aliphatic heterocycles. The van der Waals surface area contributed by atoms with E-state index in [9.17, 15) is 9.18 Å². The van der Waals surface area contributed by atoms with Crippen LogP contribution in [0.25, 0.3) is 11.4 Å². The number of amides is 1. The first kappa shape index (κ1) is 18.4. The van der Waals surface area contributed by atoms with Crippen molar-refractivity contribution in [2.75, 3.05) is 18.4 Å². The lowest BCUT2D eigenvalue weighted by atomic mass is 10.1. The van der Waals surface area contributed by atoms with Gasteiger partial charge in [-0.05, 0) is 31.5 Å². The molecule has 7 nitrogen and oxygen atoms in total. The number of benzene rings is 1. The minimum absolute atomic E-state index is 0.0744. The zero-order valence-electron chi connectivity index (χ0n) is 15.4. The molecule has 9 heteroatoms. The Bertz CT molecular complexity index is 1060. The van der Waals surface area contributed by atoms with Gasteiger partial charge in [-0.3, -0.25) is 4.79 Å². The number of carbonyl (C=O) groups is 1. The number of likely N-dealkylation sites (tertiary alicyclic amines) is 1. The zero-order valence-corrected chi connectivity index (χ0v) is 16.2. The molecule has 0 spiro atoms. The van der Waals surface area contributed by atoms with Gasteiger partial charge in [0.25, 0.3) is 5.91 Å². The van der Waals surface area contributed by atoms with Crippen molar-refractivity contribution in [1.82, 2.24) is 24.4 Å². The molecule has 1 amide bonds. The lowest BCUT2D eigenvalue weighted by molar-refractivity contribution is 0.0652. The molecule has 4 rings (SSSR count). The maximum Gasteiger partial charge on any atom is 0.255 e. The summed E-state index contributed by atoms with van der Waals surface area (Å²) in [6.07, 6.45) is 3.69. The van der Waals surface area contributed by atoms with Crippen LogP contribution in [0.3, 0.4) is 0 Å². The summed E-state index contributed by atoms with van der Waals surface area (Å²) in [6, 6.07) is 5.02. The van der Waals surface area contributed by atoms with Crippen molar-refractivity contribution in [1.29, 1.82) is 0 Å². The van der Waals surface area contributed by atoms with Crippen LogP contribution >= 0.6 is 11.6 Å². The maximum absolute atomic E-state index is 14.2. The Kier molecular flexibility index (Phi) is 4.72. The number of hydrogen-bond acceptors (Lipinski definition) is 5. The number of aryl methyl sites for hydroxylation is 1. The summed E-state index contributed by atoms with van der Waals surface area (Å²) in [5, 5.41) is 3.34. The van der Waals surface area contributed by atoms with Gasteiger partial charge in [-0.2, -0.15) is 0 Å². The molecule has 28 heavy (non-hydrogen) atoms. The minimum atomic E-state index is -0.540. The molecule has 1 saturated heterocycles. The van der Waals surface area contributed by atoms with E-state index >= 15 is 0 Å². The smallest absolute Gasteiger partial charge is 0.255 e. The Morgan fingerprint density at radius 3 is 2.64 bits per heavy atom. The summed E-state index contributed by atoms with van der Waals surface area (Å²) < 4.78 is 16.0. The molecule has 2 aromatic heterocycles. The molecular formula is C19H18ClFN6O. The van der Waals surface area contributed by atoms with Crippen molar-refractivity contribution in [2.45, 2.75) is 13.3 Å². The molecule has 0 radical (unpaired) electrons. The lowest BCUT2D eigenvalue weighted by Crippen LogP contribution is -2.42. The fourth-order valence-electron chi connectivity index (χ4n) is 2.91. The summed E-state index contributed by atoms with van der Waals surface area (Å²) in [7, 11) is 1.79. The highest BCUT2D eigenvalue weighted by atomic mass is 35.5. The van der Waals surface area contributed by atoms with E-state index in [0.717, 1.165) is 31.5 Å². The van der Waals surface area contributed by atoms with Crippen molar-refractivity contribution < 1.29 is 9.18 Å². The first-order chi connectivity index (χ1) is 13.4. The molecular weight excluding hydrogens is 383 g/mol. The van der Waals surface area contributed by atoms with Gasteiger partial charge in [0.05, 0.1) is 28.7 Å². The molecule has 1 aromatic carbocycles. The Balaban J connectivity index is 1.59. The van der Waals surface area contributed by atoms with Crippen LogP contribution < -0.4 is 5.32 Å². The molecule has 0 aliphatic carbocycles. The van der Waals surface area contributed by atoms with E-state index < -0.39 is 5.82 Å². The van der Waals surface area contributed by atoms with Gasteiger partial charge in [-0.15, -0.1) is 0 Å². The Labute approximate surface area is 166 Å². The molecule has 144 valence electrons. The van der Waals surface area contributed by atoms with Crippen molar-refractivity contribution in [3.05, 3.63) is 52.8 Å². The fraction of sp³-hybridized carbons (Fsp3) is 0.263. The normalized spacial score (nSPS) is 13.4. The van der Waals surface area contributed by atoms with Crippen LogP contribution in [0.4, 0.5) is 16.0 Å². The molecule has 3 aromatic rings. The predicted molar refractivity (Wildman–Crippen MR) is 104 cm³/mol. The van der Waals surface area contributed by atoms with Gasteiger partial charge in [0.1, 0.15) is 11.5 Å². The van der Waals surface area contributed by atoms with Gasteiger partial charge in [0.2, 0.25) is 5.95 Å². The van der Waals surface area contributed by atoms with Crippen LogP contribution in [-0.2, 0) is 7.05 Å². The summed E-state index contributed by atoms with van der Waals surface area (Å²) >= 11 is 6.29. The highest BCUT2D eigenvalue weighted by Gasteiger charge is 2.23. The van der Waals surface area contributed by atoms with Gasteiger partial charge in [-0.1, -0.05) is 11.6 Å². The first-order valence-electron chi connectivity index (χ1n) is 8.81. The lowest BCUT2D eigenvalue weighted by Gasteiger charge is -2.31. The van der Waals surface area contributed by atoms with Gasteiger partial charge in [0.15, 0.2) is 5.82 Å². The third-order valence-corrected chi connectivity index (χ3v) is 5.12. The largest absolute Gasteiger partial charge is 0.338 e. The average molecular weight is 401 g/mol. The Morgan fingerprint density at radius 2 is 2.04 bits per heavy atom. The second-order valence-corrected chi connectivity index (χ2v) is 7.01. The van der Waals surface area contributed by atoms with Crippen LogP contribution in [0.1, 0.15) is 22.6 Å². The van der Waals surface area contributed by atoms with Gasteiger partial charge in [0, 0.05) is 25.8 Å². The summed E-state index contributed by atoms with van der Waals surface area (Å²) in [6.45, 7) is 3.34. The maximum atomic E-state index is 14.2. The van der Waals surface area contributed by atoms with E-state index in [1.165, 1.54) is 0 Å². The SMILES string of the molecule is Cc1ncc(-c2nc(Nc3ccc(C(=O)N4CCC4)c(Cl)c3)ncc2F)n1C. The number of halogens is 2. The van der Waals surface area contributed by atoms with E-state index in [1.54, 1.807) is 40.9 Å². The van der Waals surface area contributed by atoms with E-state index in [1.807, 2.05) is 6.92 Å². The standard InChI is InChI=1S/C19H18ClFN6O/c1-11-22-10-16(26(11)2)17-15(21)9-23-19(25-17)24-12-4-5-13(14(20)8-12)18(28)27-6-3-7-27/h4-5,8-10H,3,6-7H2,1-2H3,(H,23,24,25). The summed E-state index contributed by atoms with van der Waals surface area (Å²) in [5.74, 6) is 0.349.